The highest BCUT2D eigenvalue weighted by Gasteiger charge is 2.07. The van der Waals surface area contributed by atoms with Gasteiger partial charge in [-0.25, -0.2) is 0 Å². The maximum absolute atomic E-state index is 11.7. The summed E-state index contributed by atoms with van der Waals surface area (Å²) in [4.78, 5) is 41.5. The molecular weight excluding hydrogens is 222 g/mol. The van der Waals surface area contributed by atoms with Gasteiger partial charge in [0, 0.05) is 5.39 Å². The van der Waals surface area contributed by atoms with Crippen LogP contribution in [0.5, 0.6) is 0 Å². The molecule has 2 aromatic heterocycles. The Morgan fingerprint density at radius 3 is 2.12 bits per heavy atom. The first-order chi connectivity index (χ1) is 8.16. The van der Waals surface area contributed by atoms with Crippen LogP contribution in [0, 0.1) is 0 Å². The van der Waals surface area contributed by atoms with Crippen molar-refractivity contribution >= 4 is 21.9 Å². The minimum absolute atomic E-state index is 0.0771. The number of fused-ring (bicyclic) bond motifs is 3. The number of aromatic nitrogens is 3. The number of rotatable bonds is 0. The van der Waals surface area contributed by atoms with Gasteiger partial charge in [-0.1, -0.05) is 18.2 Å². The molecule has 3 rings (SSSR count). The van der Waals surface area contributed by atoms with Gasteiger partial charge in [0.2, 0.25) is 0 Å². The lowest BCUT2D eigenvalue weighted by Gasteiger charge is -2.01. The fourth-order valence-corrected chi connectivity index (χ4v) is 1.83. The summed E-state index contributed by atoms with van der Waals surface area (Å²) >= 11 is 0. The Morgan fingerprint density at radius 1 is 0.706 bits per heavy atom. The molecule has 17 heavy (non-hydrogen) atoms. The molecule has 6 nitrogen and oxygen atoms in total. The Labute approximate surface area is 92.9 Å². The zero-order chi connectivity index (χ0) is 12.0. The Balaban J connectivity index is 2.75. The summed E-state index contributed by atoms with van der Waals surface area (Å²) < 4.78 is 0. The van der Waals surface area contributed by atoms with Crippen LogP contribution in [0.2, 0.25) is 0 Å². The van der Waals surface area contributed by atoms with E-state index < -0.39 is 16.7 Å². The first kappa shape index (κ1) is 9.59. The second kappa shape index (κ2) is 3.18. The number of nitrogens with one attached hydrogen (secondary N) is 3. The van der Waals surface area contributed by atoms with Gasteiger partial charge in [-0.05, 0) is 6.07 Å². The van der Waals surface area contributed by atoms with Crippen molar-refractivity contribution < 1.29 is 0 Å². The van der Waals surface area contributed by atoms with Gasteiger partial charge in [-0.2, -0.15) is 0 Å². The topological polar surface area (TPSA) is 98.6 Å². The smallest absolute Gasteiger partial charge is 0.314 e. The van der Waals surface area contributed by atoms with Crippen molar-refractivity contribution in [2.24, 2.45) is 0 Å². The third-order valence-electron chi connectivity index (χ3n) is 2.60. The zero-order valence-corrected chi connectivity index (χ0v) is 8.53. The molecule has 1 aromatic carbocycles. The predicted molar refractivity (Wildman–Crippen MR) is 63.3 cm³/mol. The SMILES string of the molecule is O=c1[nH]c2c(=O)[nH]c3ccccc3c2[nH]c1=O. The predicted octanol–water partition coefficient (Wildman–Crippen LogP) is 0.0579. The van der Waals surface area contributed by atoms with Crippen molar-refractivity contribution in [3.63, 3.8) is 0 Å². The van der Waals surface area contributed by atoms with E-state index in [9.17, 15) is 14.4 Å². The van der Waals surface area contributed by atoms with Gasteiger partial charge in [0.25, 0.3) is 5.56 Å². The minimum Gasteiger partial charge on any atom is -0.320 e. The molecule has 6 heteroatoms. The Morgan fingerprint density at radius 2 is 1.35 bits per heavy atom. The summed E-state index contributed by atoms with van der Waals surface area (Å²) in [6.07, 6.45) is 0. The molecule has 0 aliphatic carbocycles. The summed E-state index contributed by atoms with van der Waals surface area (Å²) in [5, 5.41) is 0.676. The van der Waals surface area contributed by atoms with Gasteiger partial charge < -0.3 is 15.0 Å². The molecule has 0 spiro atoms. The van der Waals surface area contributed by atoms with Crippen molar-refractivity contribution in [1.29, 1.82) is 0 Å². The fraction of sp³-hybridized carbons (Fsp3) is 0. The molecule has 0 fully saturated rings. The molecule has 0 saturated carbocycles. The van der Waals surface area contributed by atoms with Crippen LogP contribution in [0.1, 0.15) is 0 Å². The number of para-hydroxylation sites is 1. The third-order valence-corrected chi connectivity index (χ3v) is 2.60. The zero-order valence-electron chi connectivity index (χ0n) is 8.53. The van der Waals surface area contributed by atoms with Crippen molar-refractivity contribution in [2.75, 3.05) is 0 Å². The Kier molecular flexibility index (Phi) is 1.79. The van der Waals surface area contributed by atoms with Gasteiger partial charge >= 0.3 is 11.1 Å². The lowest BCUT2D eigenvalue weighted by molar-refractivity contribution is 1.13. The highest BCUT2D eigenvalue weighted by atomic mass is 16.2. The Bertz CT molecular complexity index is 901. The van der Waals surface area contributed by atoms with Crippen molar-refractivity contribution in [3.8, 4) is 0 Å². The number of hydrogen-bond donors (Lipinski definition) is 3. The molecule has 0 bridgehead atoms. The quantitative estimate of drug-likeness (QED) is 0.375. The molecule has 3 N–H and O–H groups in total. The van der Waals surface area contributed by atoms with Crippen LogP contribution in [0.4, 0.5) is 0 Å². The molecule has 0 aliphatic heterocycles. The van der Waals surface area contributed by atoms with Gasteiger partial charge in [-0.3, -0.25) is 14.4 Å². The average molecular weight is 229 g/mol. The number of benzene rings is 1. The lowest BCUT2D eigenvalue weighted by atomic mass is 10.2. The number of pyridine rings is 1. The second-order valence-corrected chi connectivity index (χ2v) is 3.66. The van der Waals surface area contributed by atoms with Gasteiger partial charge in [0.15, 0.2) is 0 Å². The molecule has 2 heterocycles. The van der Waals surface area contributed by atoms with Crippen molar-refractivity contribution in [1.82, 2.24) is 15.0 Å². The summed E-state index contributed by atoms with van der Waals surface area (Å²) in [7, 11) is 0. The van der Waals surface area contributed by atoms with E-state index in [1.807, 2.05) is 0 Å². The van der Waals surface area contributed by atoms with E-state index in [0.717, 1.165) is 0 Å². The van der Waals surface area contributed by atoms with Crippen LogP contribution in [0.3, 0.4) is 0 Å². The van der Waals surface area contributed by atoms with Crippen LogP contribution in [0.25, 0.3) is 21.9 Å². The molecule has 0 amide bonds. The highest BCUT2D eigenvalue weighted by molar-refractivity contribution is 6.00. The molecule has 3 aromatic rings. The van der Waals surface area contributed by atoms with E-state index in [-0.39, 0.29) is 5.52 Å². The maximum atomic E-state index is 11.7. The normalized spacial score (nSPS) is 11.1. The third kappa shape index (κ3) is 1.31. The van der Waals surface area contributed by atoms with Gasteiger partial charge in [0.05, 0.1) is 11.0 Å². The molecule has 0 unspecified atom stereocenters. The van der Waals surface area contributed by atoms with Gasteiger partial charge in [0.1, 0.15) is 5.52 Å². The molecule has 84 valence electrons. The monoisotopic (exact) mass is 229 g/mol. The second-order valence-electron chi connectivity index (χ2n) is 3.66. The standard InChI is InChI=1S/C11H7N3O3/c15-9-8-7(13-10(16)11(17)14-8)5-3-1-2-4-6(5)12-9/h1-4H,(H,12,15)(H,13,16)(H,14,17). The van der Waals surface area contributed by atoms with E-state index in [2.05, 4.69) is 15.0 Å². The van der Waals surface area contributed by atoms with Crippen molar-refractivity contribution in [3.05, 3.63) is 55.3 Å². The van der Waals surface area contributed by atoms with Crippen LogP contribution in [0.15, 0.2) is 38.6 Å². The van der Waals surface area contributed by atoms with Gasteiger partial charge in [-0.15, -0.1) is 0 Å². The number of H-pyrrole nitrogens is 3. The van der Waals surface area contributed by atoms with E-state index in [0.29, 0.717) is 16.4 Å². The summed E-state index contributed by atoms with van der Waals surface area (Å²) in [6, 6.07) is 7.03. The van der Waals surface area contributed by atoms with E-state index in [1.165, 1.54) is 0 Å². The molecule has 0 atom stereocenters. The van der Waals surface area contributed by atoms with E-state index >= 15 is 0 Å². The van der Waals surface area contributed by atoms with E-state index in [4.69, 9.17) is 0 Å². The maximum Gasteiger partial charge on any atom is 0.314 e. The number of aromatic amines is 3. The minimum atomic E-state index is -0.835. The first-order valence-electron chi connectivity index (χ1n) is 4.94. The summed E-state index contributed by atoms with van der Waals surface area (Å²) in [5.74, 6) is 0. The number of hydrogen-bond acceptors (Lipinski definition) is 3. The molecule has 0 radical (unpaired) electrons. The fourth-order valence-electron chi connectivity index (χ4n) is 1.83. The average Bonchev–Trinajstić information content (AvgIpc) is 2.32. The van der Waals surface area contributed by atoms with E-state index in [1.54, 1.807) is 24.3 Å². The molecule has 0 saturated heterocycles. The summed E-state index contributed by atoms with van der Waals surface area (Å²) in [5.41, 5.74) is -1.02. The lowest BCUT2D eigenvalue weighted by Crippen LogP contribution is -2.31. The van der Waals surface area contributed by atoms with Crippen LogP contribution >= 0.6 is 0 Å². The first-order valence-corrected chi connectivity index (χ1v) is 4.94. The highest BCUT2D eigenvalue weighted by Crippen LogP contribution is 2.15. The van der Waals surface area contributed by atoms with Crippen LogP contribution in [-0.2, 0) is 0 Å². The largest absolute Gasteiger partial charge is 0.320 e. The van der Waals surface area contributed by atoms with Crippen molar-refractivity contribution in [2.45, 2.75) is 0 Å². The van der Waals surface area contributed by atoms with Crippen LogP contribution in [-0.4, -0.2) is 15.0 Å². The molecule has 0 aliphatic rings. The van der Waals surface area contributed by atoms with Crippen LogP contribution < -0.4 is 16.7 Å². The molecular formula is C11H7N3O3. The summed E-state index contributed by atoms with van der Waals surface area (Å²) in [6.45, 7) is 0. The Hall–Kier alpha value is -2.63.